The van der Waals surface area contributed by atoms with Crippen LogP contribution in [0, 0.1) is 11.3 Å². The fraction of sp³-hybridized carbons (Fsp3) is 0.535. The van der Waals surface area contributed by atoms with Gasteiger partial charge in [-0.1, -0.05) is 51.1 Å². The first-order valence-electron chi connectivity index (χ1n) is 19.5. The lowest BCUT2D eigenvalue weighted by Crippen LogP contribution is -2.43. The van der Waals surface area contributed by atoms with Crippen LogP contribution in [0.15, 0.2) is 61.3 Å². The minimum atomic E-state index is -0.0373. The SMILES string of the molecule is COc1ncc(-c2cnc(N(C(=O)CCc3ccccc3)C3CCC(Cc4ncc(C(C)(C)C)c(C5CCC6(CCC(=O)C6)CC5)n4)CC3)cn2)cn1. The summed E-state index contributed by atoms with van der Waals surface area (Å²) < 4.78 is 5.09. The van der Waals surface area contributed by atoms with Gasteiger partial charge in [-0.25, -0.2) is 24.9 Å². The van der Waals surface area contributed by atoms with Crippen LogP contribution in [-0.4, -0.2) is 54.7 Å². The zero-order valence-electron chi connectivity index (χ0n) is 31.8. The maximum atomic E-state index is 14.0. The van der Waals surface area contributed by atoms with Crippen molar-refractivity contribution in [1.82, 2.24) is 29.9 Å². The van der Waals surface area contributed by atoms with E-state index in [1.54, 1.807) is 24.8 Å². The molecule has 1 aromatic carbocycles. The molecule has 0 unspecified atom stereocenters. The van der Waals surface area contributed by atoms with Crippen molar-refractivity contribution in [2.24, 2.45) is 11.3 Å². The molecule has 10 nitrogen and oxygen atoms in total. The lowest BCUT2D eigenvalue weighted by atomic mass is 9.67. The summed E-state index contributed by atoms with van der Waals surface area (Å²) in [7, 11) is 1.53. The number of methoxy groups -OCH3 is 1. The second-order valence-corrected chi connectivity index (χ2v) is 16.7. The highest BCUT2D eigenvalue weighted by Gasteiger charge is 2.42. The van der Waals surface area contributed by atoms with Crippen molar-refractivity contribution in [3.63, 3.8) is 0 Å². The molecule has 3 aliphatic carbocycles. The highest BCUT2D eigenvalue weighted by Crippen LogP contribution is 2.51. The largest absolute Gasteiger partial charge is 0.467 e. The first-order valence-corrected chi connectivity index (χ1v) is 19.5. The van der Waals surface area contributed by atoms with Crippen molar-refractivity contribution >= 4 is 17.5 Å². The lowest BCUT2D eigenvalue weighted by molar-refractivity contribution is -0.119. The molecule has 3 heterocycles. The van der Waals surface area contributed by atoms with Crippen LogP contribution in [0.25, 0.3) is 11.3 Å². The van der Waals surface area contributed by atoms with Gasteiger partial charge >= 0.3 is 6.01 Å². The average molecular weight is 716 g/mol. The van der Waals surface area contributed by atoms with Crippen LogP contribution in [0.5, 0.6) is 6.01 Å². The third-order valence-electron chi connectivity index (χ3n) is 12.0. The summed E-state index contributed by atoms with van der Waals surface area (Å²) in [4.78, 5) is 56.2. The molecule has 0 saturated heterocycles. The van der Waals surface area contributed by atoms with E-state index in [1.165, 1.54) is 18.4 Å². The maximum Gasteiger partial charge on any atom is 0.316 e. The minimum Gasteiger partial charge on any atom is -0.467 e. The van der Waals surface area contributed by atoms with Gasteiger partial charge in [0, 0.05) is 61.8 Å². The zero-order chi connectivity index (χ0) is 37.0. The van der Waals surface area contributed by atoms with Crippen molar-refractivity contribution in [1.29, 1.82) is 0 Å². The van der Waals surface area contributed by atoms with Gasteiger partial charge in [0.25, 0.3) is 0 Å². The average Bonchev–Trinajstić information content (AvgIpc) is 3.54. The molecule has 1 amide bonds. The van der Waals surface area contributed by atoms with E-state index in [0.29, 0.717) is 48.0 Å². The molecule has 0 aliphatic heterocycles. The van der Waals surface area contributed by atoms with Crippen LogP contribution in [-0.2, 0) is 27.8 Å². The number of aryl methyl sites for hydroxylation is 1. The molecule has 0 atom stereocenters. The number of Topliss-reactive ketones (excluding diaryl/α,β-unsaturated/α-hetero) is 1. The van der Waals surface area contributed by atoms with Gasteiger partial charge < -0.3 is 4.74 Å². The van der Waals surface area contributed by atoms with Crippen LogP contribution in [0.3, 0.4) is 0 Å². The Morgan fingerprint density at radius 3 is 2.23 bits per heavy atom. The number of benzene rings is 1. The predicted octanol–water partition coefficient (Wildman–Crippen LogP) is 8.19. The number of nitrogens with zero attached hydrogens (tertiary/aromatic N) is 7. The van der Waals surface area contributed by atoms with Gasteiger partial charge in [0.2, 0.25) is 5.91 Å². The second kappa shape index (κ2) is 15.8. The standard InChI is InChI=1S/C43H53N7O3/c1-42(2,3)35-26-45-37(49-40(35)31-16-19-43(20-17-31)21-18-34(51)23-43)22-30-10-13-33(14-11-30)50(39(52)15-12-29-8-6-5-7-9-29)38-28-44-36(27-46-38)32-24-47-41(53-4)48-25-32/h5-9,24-28,30-31,33H,10-23H2,1-4H3. The Morgan fingerprint density at radius 1 is 0.868 bits per heavy atom. The molecule has 0 bridgehead atoms. The number of carbonyl (C=O) groups excluding carboxylic acids is 2. The number of ketones is 1. The number of hydrogen-bond donors (Lipinski definition) is 0. The number of amides is 1. The molecule has 3 aromatic heterocycles. The summed E-state index contributed by atoms with van der Waals surface area (Å²) in [5, 5.41) is 0. The smallest absolute Gasteiger partial charge is 0.316 e. The maximum absolute atomic E-state index is 14.0. The summed E-state index contributed by atoms with van der Waals surface area (Å²) in [5.74, 6) is 2.89. The number of aromatic nitrogens is 6. The molecule has 53 heavy (non-hydrogen) atoms. The van der Waals surface area contributed by atoms with Crippen LogP contribution in [0.4, 0.5) is 5.82 Å². The normalized spacial score (nSPS) is 23.2. The first kappa shape index (κ1) is 36.7. The molecule has 278 valence electrons. The third kappa shape index (κ3) is 8.63. The van der Waals surface area contributed by atoms with E-state index >= 15 is 0 Å². The van der Waals surface area contributed by atoms with Crippen molar-refractivity contribution in [2.75, 3.05) is 12.0 Å². The number of ether oxygens (including phenoxy) is 1. The molecule has 0 radical (unpaired) electrons. The fourth-order valence-electron chi connectivity index (χ4n) is 8.90. The van der Waals surface area contributed by atoms with Gasteiger partial charge in [-0.15, -0.1) is 0 Å². The predicted molar refractivity (Wildman–Crippen MR) is 205 cm³/mol. The van der Waals surface area contributed by atoms with Gasteiger partial charge in [-0.2, -0.15) is 0 Å². The van der Waals surface area contributed by atoms with Crippen molar-refractivity contribution in [2.45, 2.75) is 128 Å². The quantitative estimate of drug-likeness (QED) is 0.160. The Labute approximate surface area is 313 Å². The third-order valence-corrected chi connectivity index (χ3v) is 12.0. The summed E-state index contributed by atoms with van der Waals surface area (Å²) in [6.07, 6.45) is 21.5. The fourth-order valence-corrected chi connectivity index (χ4v) is 8.90. The number of carbonyl (C=O) groups is 2. The first-order chi connectivity index (χ1) is 25.6. The van der Waals surface area contributed by atoms with Gasteiger partial charge in [-0.3, -0.25) is 19.5 Å². The Bertz CT molecular complexity index is 1860. The van der Waals surface area contributed by atoms with E-state index in [4.69, 9.17) is 19.7 Å². The Hall–Kier alpha value is -4.60. The van der Waals surface area contributed by atoms with E-state index in [2.05, 4.69) is 54.1 Å². The van der Waals surface area contributed by atoms with Gasteiger partial charge in [-0.05, 0) is 92.1 Å². The molecule has 3 aliphatic rings. The minimum absolute atomic E-state index is 0.0373. The second-order valence-electron chi connectivity index (χ2n) is 16.7. The van der Waals surface area contributed by atoms with E-state index in [1.807, 2.05) is 23.1 Å². The zero-order valence-corrected chi connectivity index (χ0v) is 31.8. The molecule has 4 aromatic rings. The topological polar surface area (TPSA) is 124 Å². The number of rotatable bonds is 10. The summed E-state index contributed by atoms with van der Waals surface area (Å²) >= 11 is 0. The molecule has 10 heteroatoms. The van der Waals surface area contributed by atoms with Crippen LogP contribution < -0.4 is 9.64 Å². The van der Waals surface area contributed by atoms with Crippen LogP contribution in [0.1, 0.15) is 126 Å². The lowest BCUT2D eigenvalue weighted by Gasteiger charge is -2.38. The van der Waals surface area contributed by atoms with E-state index in [-0.39, 0.29) is 22.8 Å². The molecule has 0 N–H and O–H groups in total. The summed E-state index contributed by atoms with van der Waals surface area (Å²) in [6, 6.07) is 10.5. The molecular weight excluding hydrogens is 663 g/mol. The van der Waals surface area contributed by atoms with Gasteiger partial charge in [0.05, 0.1) is 30.9 Å². The molecule has 3 saturated carbocycles. The van der Waals surface area contributed by atoms with Gasteiger partial charge in [0.15, 0.2) is 5.82 Å². The van der Waals surface area contributed by atoms with Crippen molar-refractivity contribution in [3.8, 4) is 17.3 Å². The molecule has 3 fully saturated rings. The summed E-state index contributed by atoms with van der Waals surface area (Å²) in [6.45, 7) is 6.78. The Balaban J connectivity index is 1.04. The highest BCUT2D eigenvalue weighted by molar-refractivity contribution is 5.93. The van der Waals surface area contributed by atoms with Crippen molar-refractivity contribution < 1.29 is 14.3 Å². The molecule has 1 spiro atoms. The highest BCUT2D eigenvalue weighted by atomic mass is 16.5. The number of anilines is 1. The van der Waals surface area contributed by atoms with E-state index in [0.717, 1.165) is 94.0 Å². The Morgan fingerprint density at radius 2 is 1.60 bits per heavy atom. The molecule has 7 rings (SSSR count). The Kier molecular flexibility index (Phi) is 10.9. The van der Waals surface area contributed by atoms with Crippen LogP contribution in [0.2, 0.25) is 0 Å². The van der Waals surface area contributed by atoms with Crippen LogP contribution >= 0.6 is 0 Å². The summed E-state index contributed by atoms with van der Waals surface area (Å²) in [5.41, 5.74) is 5.19. The number of hydrogen-bond acceptors (Lipinski definition) is 9. The van der Waals surface area contributed by atoms with E-state index in [9.17, 15) is 9.59 Å². The molecular formula is C43H53N7O3. The monoisotopic (exact) mass is 715 g/mol. The van der Waals surface area contributed by atoms with E-state index < -0.39 is 0 Å². The van der Waals surface area contributed by atoms with Crippen molar-refractivity contribution in [3.05, 3.63) is 84.0 Å². The van der Waals surface area contributed by atoms with Gasteiger partial charge in [0.1, 0.15) is 11.6 Å².